The van der Waals surface area contributed by atoms with Gasteiger partial charge in [0.1, 0.15) is 11.9 Å². The van der Waals surface area contributed by atoms with E-state index in [2.05, 4.69) is 29.5 Å². The van der Waals surface area contributed by atoms with Gasteiger partial charge >= 0.3 is 0 Å². The molecule has 17 heavy (non-hydrogen) atoms. The summed E-state index contributed by atoms with van der Waals surface area (Å²) in [5.41, 5.74) is 2.08. The first kappa shape index (κ1) is 12.1. The number of imidazole rings is 1. The maximum atomic E-state index is 9.81. The molecule has 1 heterocycles. The van der Waals surface area contributed by atoms with Crippen LogP contribution in [0.2, 0.25) is 0 Å². The quantitative estimate of drug-likeness (QED) is 0.879. The minimum absolute atomic E-state index is 0.522. The lowest BCUT2D eigenvalue weighted by atomic mass is 10.1. The standard InChI is InChI=1S/C14H20N2O/c1-4-10(2)9-16-13-8-6-5-7-12(13)15-14(16)11(3)17/h5-8,10-11,17H,4,9H2,1-3H3/t10-,11-/m0/s1. The number of aliphatic hydroxyl groups excluding tert-OH is 1. The van der Waals surface area contributed by atoms with Gasteiger partial charge in [-0.15, -0.1) is 0 Å². The zero-order valence-electron chi connectivity index (χ0n) is 10.7. The number of benzene rings is 1. The molecule has 1 N–H and O–H groups in total. The normalized spacial score (nSPS) is 15.1. The van der Waals surface area contributed by atoms with Crippen molar-refractivity contribution < 1.29 is 5.11 Å². The summed E-state index contributed by atoms with van der Waals surface area (Å²) in [6.45, 7) is 7.10. The SMILES string of the molecule is CC[C@H](C)Cn1c([C@H](C)O)nc2ccccc21. The minimum atomic E-state index is -0.522. The van der Waals surface area contributed by atoms with E-state index in [9.17, 15) is 5.11 Å². The number of rotatable bonds is 4. The molecule has 92 valence electrons. The summed E-state index contributed by atoms with van der Waals surface area (Å²) in [4.78, 5) is 4.51. The molecule has 1 aromatic carbocycles. The number of fused-ring (bicyclic) bond motifs is 1. The number of hydrogen-bond donors (Lipinski definition) is 1. The van der Waals surface area contributed by atoms with Crippen LogP contribution in [0.5, 0.6) is 0 Å². The summed E-state index contributed by atoms with van der Waals surface area (Å²) in [7, 11) is 0. The van der Waals surface area contributed by atoms with Crippen LogP contribution in [-0.2, 0) is 6.54 Å². The molecular weight excluding hydrogens is 212 g/mol. The monoisotopic (exact) mass is 232 g/mol. The Balaban J connectivity index is 2.52. The van der Waals surface area contributed by atoms with Crippen LogP contribution in [-0.4, -0.2) is 14.7 Å². The van der Waals surface area contributed by atoms with Crippen LogP contribution < -0.4 is 0 Å². The second-order valence-corrected chi connectivity index (χ2v) is 4.76. The predicted octanol–water partition coefficient (Wildman–Crippen LogP) is 3.14. The van der Waals surface area contributed by atoms with E-state index in [0.717, 1.165) is 29.8 Å². The van der Waals surface area contributed by atoms with E-state index in [1.165, 1.54) is 0 Å². The third-order valence-electron chi connectivity index (χ3n) is 3.25. The third kappa shape index (κ3) is 2.34. The molecule has 0 aliphatic carbocycles. The van der Waals surface area contributed by atoms with Crippen molar-refractivity contribution in [1.29, 1.82) is 0 Å². The molecule has 0 fully saturated rings. The number of aromatic nitrogens is 2. The van der Waals surface area contributed by atoms with E-state index in [1.807, 2.05) is 18.2 Å². The molecule has 0 unspecified atom stereocenters. The van der Waals surface area contributed by atoms with Gasteiger partial charge in [-0.2, -0.15) is 0 Å². The summed E-state index contributed by atoms with van der Waals surface area (Å²) in [6, 6.07) is 8.06. The van der Waals surface area contributed by atoms with Gasteiger partial charge in [0.25, 0.3) is 0 Å². The number of nitrogens with zero attached hydrogens (tertiary/aromatic N) is 2. The molecule has 3 nitrogen and oxygen atoms in total. The summed E-state index contributed by atoms with van der Waals surface area (Å²) < 4.78 is 2.15. The highest BCUT2D eigenvalue weighted by Gasteiger charge is 2.15. The molecule has 1 aromatic heterocycles. The highest BCUT2D eigenvalue weighted by molar-refractivity contribution is 5.75. The number of para-hydroxylation sites is 2. The van der Waals surface area contributed by atoms with Gasteiger partial charge in [-0.3, -0.25) is 0 Å². The topological polar surface area (TPSA) is 38.0 Å². The lowest BCUT2D eigenvalue weighted by Gasteiger charge is -2.14. The Morgan fingerprint density at radius 2 is 2.00 bits per heavy atom. The van der Waals surface area contributed by atoms with Crippen LogP contribution in [0.15, 0.2) is 24.3 Å². The average Bonchev–Trinajstić information content (AvgIpc) is 2.68. The minimum Gasteiger partial charge on any atom is -0.385 e. The maximum absolute atomic E-state index is 9.81. The van der Waals surface area contributed by atoms with E-state index in [-0.39, 0.29) is 0 Å². The van der Waals surface area contributed by atoms with Gasteiger partial charge in [-0.25, -0.2) is 4.98 Å². The largest absolute Gasteiger partial charge is 0.385 e. The fourth-order valence-corrected chi connectivity index (χ4v) is 2.05. The van der Waals surface area contributed by atoms with Crippen molar-refractivity contribution in [2.45, 2.75) is 39.8 Å². The van der Waals surface area contributed by atoms with Crippen molar-refractivity contribution in [1.82, 2.24) is 9.55 Å². The van der Waals surface area contributed by atoms with Crippen molar-refractivity contribution >= 4 is 11.0 Å². The van der Waals surface area contributed by atoms with Gasteiger partial charge in [0.2, 0.25) is 0 Å². The maximum Gasteiger partial charge on any atom is 0.138 e. The molecule has 2 rings (SSSR count). The molecule has 0 radical (unpaired) electrons. The Bertz CT molecular complexity index is 502. The molecule has 0 aliphatic rings. The van der Waals surface area contributed by atoms with E-state index < -0.39 is 6.10 Å². The van der Waals surface area contributed by atoms with Gasteiger partial charge in [-0.1, -0.05) is 32.4 Å². The molecular formula is C14H20N2O. The molecule has 0 saturated heterocycles. The van der Waals surface area contributed by atoms with E-state index >= 15 is 0 Å². The molecule has 0 amide bonds. The van der Waals surface area contributed by atoms with E-state index in [1.54, 1.807) is 6.92 Å². The van der Waals surface area contributed by atoms with Gasteiger partial charge in [0, 0.05) is 6.54 Å². The van der Waals surface area contributed by atoms with Crippen molar-refractivity contribution in [2.24, 2.45) is 5.92 Å². The first-order valence-electron chi connectivity index (χ1n) is 6.26. The van der Waals surface area contributed by atoms with Crippen LogP contribution in [0, 0.1) is 5.92 Å². The fourth-order valence-electron chi connectivity index (χ4n) is 2.05. The van der Waals surface area contributed by atoms with Crippen molar-refractivity contribution in [3.8, 4) is 0 Å². The van der Waals surface area contributed by atoms with Crippen molar-refractivity contribution in [3.05, 3.63) is 30.1 Å². The molecule has 0 saturated carbocycles. The van der Waals surface area contributed by atoms with E-state index in [4.69, 9.17) is 0 Å². The highest BCUT2D eigenvalue weighted by atomic mass is 16.3. The van der Waals surface area contributed by atoms with Crippen LogP contribution in [0.1, 0.15) is 39.1 Å². The molecule has 3 heteroatoms. The van der Waals surface area contributed by atoms with Crippen LogP contribution in [0.3, 0.4) is 0 Å². The smallest absolute Gasteiger partial charge is 0.138 e. The van der Waals surface area contributed by atoms with Crippen LogP contribution >= 0.6 is 0 Å². The second-order valence-electron chi connectivity index (χ2n) is 4.76. The Hall–Kier alpha value is -1.35. The van der Waals surface area contributed by atoms with Crippen LogP contribution in [0.4, 0.5) is 0 Å². The summed E-state index contributed by atoms with van der Waals surface area (Å²) in [5.74, 6) is 1.36. The Kier molecular flexibility index (Phi) is 3.48. The zero-order valence-corrected chi connectivity index (χ0v) is 10.7. The Labute approximate surface area is 102 Å². The highest BCUT2D eigenvalue weighted by Crippen LogP contribution is 2.22. The second kappa shape index (κ2) is 4.88. The van der Waals surface area contributed by atoms with Gasteiger partial charge in [0.15, 0.2) is 0 Å². The Morgan fingerprint density at radius 1 is 1.29 bits per heavy atom. The summed E-state index contributed by atoms with van der Waals surface area (Å²) in [5, 5.41) is 9.81. The third-order valence-corrected chi connectivity index (χ3v) is 3.25. The van der Waals surface area contributed by atoms with E-state index in [0.29, 0.717) is 5.92 Å². The predicted molar refractivity (Wildman–Crippen MR) is 69.8 cm³/mol. The lowest BCUT2D eigenvalue weighted by molar-refractivity contribution is 0.182. The number of hydrogen-bond acceptors (Lipinski definition) is 2. The van der Waals surface area contributed by atoms with Crippen LogP contribution in [0.25, 0.3) is 11.0 Å². The van der Waals surface area contributed by atoms with Gasteiger partial charge in [-0.05, 0) is 25.0 Å². The zero-order chi connectivity index (χ0) is 12.4. The molecule has 2 atom stereocenters. The average molecular weight is 232 g/mol. The van der Waals surface area contributed by atoms with Gasteiger partial charge in [0.05, 0.1) is 11.0 Å². The van der Waals surface area contributed by atoms with Crippen molar-refractivity contribution in [3.63, 3.8) is 0 Å². The fraction of sp³-hybridized carbons (Fsp3) is 0.500. The number of aliphatic hydroxyl groups is 1. The molecule has 0 bridgehead atoms. The lowest BCUT2D eigenvalue weighted by Crippen LogP contribution is -2.12. The molecule has 0 aliphatic heterocycles. The van der Waals surface area contributed by atoms with Crippen molar-refractivity contribution in [2.75, 3.05) is 0 Å². The first-order valence-corrected chi connectivity index (χ1v) is 6.26. The summed E-state index contributed by atoms with van der Waals surface area (Å²) >= 11 is 0. The summed E-state index contributed by atoms with van der Waals surface area (Å²) in [6.07, 6.45) is 0.609. The van der Waals surface area contributed by atoms with Gasteiger partial charge < -0.3 is 9.67 Å². The Morgan fingerprint density at radius 3 is 2.65 bits per heavy atom. The molecule has 0 spiro atoms. The molecule has 2 aromatic rings. The first-order chi connectivity index (χ1) is 8.13.